The first kappa shape index (κ1) is 14.1. The summed E-state index contributed by atoms with van der Waals surface area (Å²) in [5, 5.41) is 8.04. The maximum atomic E-state index is 13.0. The Labute approximate surface area is 132 Å². The number of imidazole rings is 1. The lowest BCUT2D eigenvalue weighted by atomic mass is 10.1. The molecule has 0 amide bonds. The number of pyridine rings is 1. The predicted molar refractivity (Wildman–Crippen MR) is 83.6 cm³/mol. The molecule has 3 aromatic heterocycles. The number of hydrogen-bond donors (Lipinski definition) is 1. The van der Waals surface area contributed by atoms with Crippen molar-refractivity contribution in [1.82, 2.24) is 19.6 Å². The van der Waals surface area contributed by atoms with Gasteiger partial charge in [-0.1, -0.05) is 0 Å². The zero-order valence-corrected chi connectivity index (χ0v) is 12.4. The van der Waals surface area contributed by atoms with Gasteiger partial charge in [-0.05, 0) is 37.1 Å². The van der Waals surface area contributed by atoms with Gasteiger partial charge in [0.25, 0.3) is 0 Å². The van der Waals surface area contributed by atoms with E-state index in [4.69, 9.17) is 4.74 Å². The van der Waals surface area contributed by atoms with Crippen LogP contribution in [0.4, 0.5) is 10.2 Å². The van der Waals surface area contributed by atoms with E-state index < -0.39 is 5.95 Å². The van der Waals surface area contributed by atoms with E-state index in [2.05, 4.69) is 20.4 Å². The van der Waals surface area contributed by atoms with Crippen LogP contribution in [0.15, 0.2) is 36.7 Å². The third-order valence-corrected chi connectivity index (χ3v) is 3.96. The molecular formula is C16H16FN5O. The topological polar surface area (TPSA) is 64.3 Å². The highest BCUT2D eigenvalue weighted by Crippen LogP contribution is 2.21. The van der Waals surface area contributed by atoms with Crippen molar-refractivity contribution < 1.29 is 9.13 Å². The maximum Gasteiger partial charge on any atom is 0.212 e. The highest BCUT2D eigenvalue weighted by Gasteiger charge is 2.15. The van der Waals surface area contributed by atoms with Gasteiger partial charge in [0.15, 0.2) is 5.65 Å². The lowest BCUT2D eigenvalue weighted by molar-refractivity contribution is 0.0903. The van der Waals surface area contributed by atoms with Crippen LogP contribution in [0, 0.1) is 5.95 Å². The van der Waals surface area contributed by atoms with E-state index in [1.54, 1.807) is 16.8 Å². The molecule has 3 aromatic rings. The van der Waals surface area contributed by atoms with Crippen LogP contribution in [-0.4, -0.2) is 38.8 Å². The number of fused-ring (bicyclic) bond motifs is 1. The van der Waals surface area contributed by atoms with Gasteiger partial charge in [-0.25, -0.2) is 14.5 Å². The molecule has 4 rings (SSSR count). The standard InChI is InChI=1S/C16H16FN5O/c17-14-2-1-11(9-18-14)13-10-19-16-4-3-15(21-22(13)16)20-12-5-7-23-8-6-12/h1-4,9-10,12H,5-8H2,(H,20,21). The molecule has 23 heavy (non-hydrogen) atoms. The Morgan fingerprint density at radius 2 is 1.96 bits per heavy atom. The van der Waals surface area contributed by atoms with Crippen LogP contribution in [0.5, 0.6) is 0 Å². The van der Waals surface area contributed by atoms with Crippen molar-refractivity contribution in [2.45, 2.75) is 18.9 Å². The Bertz CT molecular complexity index is 811. The molecule has 4 heterocycles. The Morgan fingerprint density at radius 1 is 1.09 bits per heavy atom. The van der Waals surface area contributed by atoms with Gasteiger partial charge in [-0.2, -0.15) is 4.39 Å². The largest absolute Gasteiger partial charge is 0.381 e. The molecule has 0 aromatic carbocycles. The number of anilines is 1. The summed E-state index contributed by atoms with van der Waals surface area (Å²) in [5.74, 6) is 0.288. The van der Waals surface area contributed by atoms with Gasteiger partial charge >= 0.3 is 0 Å². The van der Waals surface area contributed by atoms with E-state index in [-0.39, 0.29) is 0 Å². The number of halogens is 1. The molecule has 1 aliphatic rings. The molecule has 1 saturated heterocycles. The summed E-state index contributed by atoms with van der Waals surface area (Å²) in [6.45, 7) is 1.55. The van der Waals surface area contributed by atoms with Crippen LogP contribution < -0.4 is 5.32 Å². The molecule has 0 spiro atoms. The van der Waals surface area contributed by atoms with Gasteiger partial charge in [0, 0.05) is 31.0 Å². The lowest BCUT2D eigenvalue weighted by Gasteiger charge is -2.23. The molecule has 0 saturated carbocycles. The summed E-state index contributed by atoms with van der Waals surface area (Å²) in [7, 11) is 0. The summed E-state index contributed by atoms with van der Waals surface area (Å²) in [5.41, 5.74) is 2.29. The SMILES string of the molecule is Fc1ccc(-c2cnc3ccc(NC4CCOCC4)nn23)cn1. The normalized spacial score (nSPS) is 15.9. The molecule has 6 nitrogen and oxygen atoms in total. The minimum Gasteiger partial charge on any atom is -0.381 e. The monoisotopic (exact) mass is 313 g/mol. The number of ether oxygens (including phenoxy) is 1. The molecule has 1 fully saturated rings. The van der Waals surface area contributed by atoms with Gasteiger partial charge in [-0.3, -0.25) is 0 Å². The Balaban J connectivity index is 1.66. The summed E-state index contributed by atoms with van der Waals surface area (Å²) >= 11 is 0. The van der Waals surface area contributed by atoms with Crippen molar-refractivity contribution >= 4 is 11.5 Å². The fraction of sp³-hybridized carbons (Fsp3) is 0.312. The molecule has 0 radical (unpaired) electrons. The van der Waals surface area contributed by atoms with E-state index in [1.165, 1.54) is 12.3 Å². The van der Waals surface area contributed by atoms with Crippen molar-refractivity contribution in [1.29, 1.82) is 0 Å². The first-order valence-corrected chi connectivity index (χ1v) is 7.60. The van der Waals surface area contributed by atoms with Crippen LogP contribution in [0.2, 0.25) is 0 Å². The van der Waals surface area contributed by atoms with Crippen molar-refractivity contribution in [2.75, 3.05) is 18.5 Å². The third kappa shape index (κ3) is 2.87. The van der Waals surface area contributed by atoms with Crippen molar-refractivity contribution in [3.63, 3.8) is 0 Å². The van der Waals surface area contributed by atoms with E-state index in [9.17, 15) is 4.39 Å². The van der Waals surface area contributed by atoms with Crippen LogP contribution in [-0.2, 0) is 4.74 Å². The number of nitrogens with zero attached hydrogens (tertiary/aromatic N) is 4. The maximum absolute atomic E-state index is 13.0. The number of hydrogen-bond acceptors (Lipinski definition) is 5. The van der Waals surface area contributed by atoms with E-state index in [0.29, 0.717) is 6.04 Å². The Morgan fingerprint density at radius 3 is 2.74 bits per heavy atom. The van der Waals surface area contributed by atoms with Crippen LogP contribution in [0.3, 0.4) is 0 Å². The lowest BCUT2D eigenvalue weighted by Crippen LogP contribution is -2.28. The fourth-order valence-electron chi connectivity index (χ4n) is 2.73. The van der Waals surface area contributed by atoms with E-state index in [1.807, 2.05) is 12.1 Å². The molecule has 0 unspecified atom stereocenters. The van der Waals surface area contributed by atoms with Gasteiger partial charge < -0.3 is 10.1 Å². The van der Waals surface area contributed by atoms with Crippen LogP contribution >= 0.6 is 0 Å². The first-order valence-electron chi connectivity index (χ1n) is 7.60. The molecule has 1 N–H and O–H groups in total. The second-order valence-corrected chi connectivity index (χ2v) is 5.53. The fourth-order valence-corrected chi connectivity index (χ4v) is 2.73. The van der Waals surface area contributed by atoms with Crippen molar-refractivity contribution in [2.24, 2.45) is 0 Å². The van der Waals surface area contributed by atoms with Crippen molar-refractivity contribution in [3.05, 3.63) is 42.6 Å². The quantitative estimate of drug-likeness (QED) is 0.753. The zero-order valence-electron chi connectivity index (χ0n) is 12.4. The highest BCUT2D eigenvalue weighted by atomic mass is 19.1. The summed E-state index contributed by atoms with van der Waals surface area (Å²) in [4.78, 5) is 8.03. The van der Waals surface area contributed by atoms with Gasteiger partial charge in [0.05, 0.1) is 11.9 Å². The highest BCUT2D eigenvalue weighted by molar-refractivity contribution is 5.62. The minimum absolute atomic E-state index is 0.369. The number of nitrogens with one attached hydrogen (secondary N) is 1. The first-order chi connectivity index (χ1) is 11.3. The summed E-state index contributed by atoms with van der Waals surface area (Å²) in [6.07, 6.45) is 5.14. The smallest absolute Gasteiger partial charge is 0.212 e. The van der Waals surface area contributed by atoms with E-state index >= 15 is 0 Å². The second-order valence-electron chi connectivity index (χ2n) is 5.53. The Kier molecular flexibility index (Phi) is 3.63. The average Bonchev–Trinajstić information content (AvgIpc) is 3.00. The van der Waals surface area contributed by atoms with E-state index in [0.717, 1.165) is 48.8 Å². The molecule has 0 aliphatic carbocycles. The third-order valence-electron chi connectivity index (χ3n) is 3.96. The van der Waals surface area contributed by atoms with Gasteiger partial charge in [-0.15, -0.1) is 5.10 Å². The average molecular weight is 313 g/mol. The van der Waals surface area contributed by atoms with Crippen molar-refractivity contribution in [3.8, 4) is 11.3 Å². The minimum atomic E-state index is -0.502. The Hall–Kier alpha value is -2.54. The molecule has 0 atom stereocenters. The molecular weight excluding hydrogens is 297 g/mol. The molecule has 0 bridgehead atoms. The summed E-state index contributed by atoms with van der Waals surface area (Å²) in [6, 6.07) is 7.21. The van der Waals surface area contributed by atoms with Crippen LogP contribution in [0.25, 0.3) is 16.9 Å². The zero-order chi connectivity index (χ0) is 15.6. The number of rotatable bonds is 3. The summed E-state index contributed by atoms with van der Waals surface area (Å²) < 4.78 is 20.1. The number of aromatic nitrogens is 4. The predicted octanol–water partition coefficient (Wildman–Crippen LogP) is 2.52. The molecule has 1 aliphatic heterocycles. The van der Waals surface area contributed by atoms with Gasteiger partial charge in [0.1, 0.15) is 5.82 Å². The van der Waals surface area contributed by atoms with Gasteiger partial charge in [0.2, 0.25) is 5.95 Å². The molecule has 7 heteroatoms. The molecule has 118 valence electrons. The second kappa shape index (κ2) is 5.92. The van der Waals surface area contributed by atoms with Crippen LogP contribution in [0.1, 0.15) is 12.8 Å².